The molecule has 1 fully saturated rings. The van der Waals surface area contributed by atoms with Crippen LogP contribution < -0.4 is 0 Å². The highest BCUT2D eigenvalue weighted by molar-refractivity contribution is 5.16. The van der Waals surface area contributed by atoms with Gasteiger partial charge in [0, 0.05) is 12.6 Å². The van der Waals surface area contributed by atoms with Crippen molar-refractivity contribution in [3.8, 4) is 6.07 Å². The first-order valence-electron chi connectivity index (χ1n) is 6.29. The van der Waals surface area contributed by atoms with Crippen LogP contribution in [0.4, 0.5) is 0 Å². The van der Waals surface area contributed by atoms with Crippen LogP contribution in [0.5, 0.6) is 0 Å². The molecule has 0 saturated carbocycles. The van der Waals surface area contributed by atoms with Crippen LogP contribution in [0.25, 0.3) is 0 Å². The molecule has 0 aromatic carbocycles. The number of ether oxygens (including phenoxy) is 1. The van der Waals surface area contributed by atoms with Crippen molar-refractivity contribution in [3.05, 3.63) is 18.2 Å². The van der Waals surface area contributed by atoms with E-state index < -0.39 is 11.5 Å². The fraction of sp³-hybridized carbons (Fsp3) is 0.692. The third kappa shape index (κ3) is 2.14. The standard InChI is InChI=1S/C13H19N3O2/c1-10(2)16-9-15-6-11(16)12(17)13(7-14)4-3-5-18-8-13/h6,9-10,12,17H,3-5,8H2,1-2H3. The van der Waals surface area contributed by atoms with Crippen LogP contribution in [-0.2, 0) is 4.74 Å². The molecule has 1 saturated heterocycles. The van der Waals surface area contributed by atoms with Gasteiger partial charge in [0.15, 0.2) is 0 Å². The SMILES string of the molecule is CC(C)n1cncc1C(O)C1(C#N)CCCOC1. The molecule has 5 nitrogen and oxygen atoms in total. The second-order valence-electron chi connectivity index (χ2n) is 5.15. The molecule has 0 aliphatic carbocycles. The number of aromatic nitrogens is 2. The zero-order valence-electron chi connectivity index (χ0n) is 10.8. The lowest BCUT2D eigenvalue weighted by molar-refractivity contribution is -0.0535. The van der Waals surface area contributed by atoms with Gasteiger partial charge in [-0.3, -0.25) is 0 Å². The van der Waals surface area contributed by atoms with Crippen molar-refractivity contribution >= 4 is 0 Å². The Morgan fingerprint density at radius 2 is 2.39 bits per heavy atom. The van der Waals surface area contributed by atoms with Gasteiger partial charge in [-0.2, -0.15) is 5.26 Å². The highest BCUT2D eigenvalue weighted by Crippen LogP contribution is 2.40. The van der Waals surface area contributed by atoms with Gasteiger partial charge in [0.05, 0.1) is 30.9 Å². The molecular formula is C13H19N3O2. The monoisotopic (exact) mass is 249 g/mol. The quantitative estimate of drug-likeness (QED) is 0.887. The number of rotatable bonds is 3. The summed E-state index contributed by atoms with van der Waals surface area (Å²) >= 11 is 0. The Bertz CT molecular complexity index is 441. The van der Waals surface area contributed by atoms with E-state index in [0.717, 1.165) is 6.42 Å². The van der Waals surface area contributed by atoms with E-state index in [1.165, 1.54) is 0 Å². The van der Waals surface area contributed by atoms with Crippen molar-refractivity contribution in [2.24, 2.45) is 5.41 Å². The molecule has 18 heavy (non-hydrogen) atoms. The van der Waals surface area contributed by atoms with E-state index >= 15 is 0 Å². The second kappa shape index (κ2) is 5.09. The summed E-state index contributed by atoms with van der Waals surface area (Å²) in [4.78, 5) is 4.08. The van der Waals surface area contributed by atoms with Crippen LogP contribution in [0.15, 0.2) is 12.5 Å². The summed E-state index contributed by atoms with van der Waals surface area (Å²) in [5, 5.41) is 20.0. The Labute approximate surface area is 107 Å². The molecule has 98 valence electrons. The van der Waals surface area contributed by atoms with E-state index in [0.29, 0.717) is 18.7 Å². The van der Waals surface area contributed by atoms with Crippen molar-refractivity contribution in [2.45, 2.75) is 38.8 Å². The molecule has 1 aromatic heterocycles. The lowest BCUT2D eigenvalue weighted by atomic mass is 9.77. The van der Waals surface area contributed by atoms with Gasteiger partial charge in [0.25, 0.3) is 0 Å². The normalized spacial score (nSPS) is 25.9. The predicted molar refractivity (Wildman–Crippen MR) is 65.7 cm³/mol. The highest BCUT2D eigenvalue weighted by atomic mass is 16.5. The lowest BCUT2D eigenvalue weighted by Crippen LogP contribution is -2.37. The fourth-order valence-corrected chi connectivity index (χ4v) is 2.42. The summed E-state index contributed by atoms with van der Waals surface area (Å²) < 4.78 is 7.28. The average Bonchev–Trinajstić information content (AvgIpc) is 2.88. The Balaban J connectivity index is 2.31. The van der Waals surface area contributed by atoms with Gasteiger partial charge in [-0.15, -0.1) is 0 Å². The number of hydrogen-bond acceptors (Lipinski definition) is 4. The van der Waals surface area contributed by atoms with E-state index in [1.54, 1.807) is 12.5 Å². The minimum absolute atomic E-state index is 0.206. The number of aliphatic hydroxyl groups excluding tert-OH is 1. The maximum Gasteiger partial charge on any atom is 0.116 e. The van der Waals surface area contributed by atoms with Crippen LogP contribution in [0.2, 0.25) is 0 Å². The molecule has 2 heterocycles. The molecule has 1 aliphatic heterocycles. The first kappa shape index (κ1) is 13.1. The van der Waals surface area contributed by atoms with E-state index in [2.05, 4.69) is 11.1 Å². The summed E-state index contributed by atoms with van der Waals surface area (Å²) in [5.74, 6) is 0. The van der Waals surface area contributed by atoms with E-state index in [1.807, 2.05) is 18.4 Å². The molecular weight excluding hydrogens is 230 g/mol. The molecule has 2 rings (SSSR count). The fourth-order valence-electron chi connectivity index (χ4n) is 2.42. The molecule has 0 radical (unpaired) electrons. The maximum atomic E-state index is 10.6. The topological polar surface area (TPSA) is 71.1 Å². The molecule has 1 aromatic rings. The molecule has 0 bridgehead atoms. The minimum Gasteiger partial charge on any atom is -0.385 e. The van der Waals surface area contributed by atoms with Crippen LogP contribution in [0.3, 0.4) is 0 Å². The smallest absolute Gasteiger partial charge is 0.116 e. The maximum absolute atomic E-state index is 10.6. The Kier molecular flexibility index (Phi) is 3.69. The van der Waals surface area contributed by atoms with Crippen molar-refractivity contribution < 1.29 is 9.84 Å². The number of aliphatic hydroxyl groups is 1. The van der Waals surface area contributed by atoms with Gasteiger partial charge in [-0.05, 0) is 26.7 Å². The number of nitrogens with zero attached hydrogens (tertiary/aromatic N) is 3. The molecule has 5 heteroatoms. The summed E-state index contributed by atoms with van der Waals surface area (Å²) in [6.07, 6.45) is 3.94. The second-order valence-corrected chi connectivity index (χ2v) is 5.15. The van der Waals surface area contributed by atoms with Gasteiger partial charge >= 0.3 is 0 Å². The average molecular weight is 249 g/mol. The zero-order chi connectivity index (χ0) is 13.2. The summed E-state index contributed by atoms with van der Waals surface area (Å²) in [5.41, 5.74) is -0.151. The summed E-state index contributed by atoms with van der Waals surface area (Å²) in [6.45, 7) is 5.00. The first-order chi connectivity index (χ1) is 8.60. The van der Waals surface area contributed by atoms with Gasteiger partial charge in [0.1, 0.15) is 11.5 Å². The van der Waals surface area contributed by atoms with Gasteiger partial charge in [0.2, 0.25) is 0 Å². The lowest BCUT2D eigenvalue weighted by Gasteiger charge is -2.35. The Hall–Kier alpha value is -1.38. The van der Waals surface area contributed by atoms with Crippen LogP contribution in [0, 0.1) is 16.7 Å². The van der Waals surface area contributed by atoms with Crippen molar-refractivity contribution in [1.29, 1.82) is 5.26 Å². The summed E-state index contributed by atoms with van der Waals surface area (Å²) in [6, 6.07) is 2.46. The van der Waals surface area contributed by atoms with Crippen molar-refractivity contribution in [3.63, 3.8) is 0 Å². The molecule has 0 spiro atoms. The third-order valence-corrected chi connectivity index (χ3v) is 3.55. The molecule has 1 N–H and O–H groups in total. The van der Waals surface area contributed by atoms with Gasteiger partial charge in [-0.25, -0.2) is 4.98 Å². The van der Waals surface area contributed by atoms with E-state index in [-0.39, 0.29) is 12.6 Å². The highest BCUT2D eigenvalue weighted by Gasteiger charge is 2.42. The zero-order valence-corrected chi connectivity index (χ0v) is 10.8. The molecule has 2 unspecified atom stereocenters. The van der Waals surface area contributed by atoms with E-state index in [4.69, 9.17) is 4.74 Å². The van der Waals surface area contributed by atoms with Crippen LogP contribution >= 0.6 is 0 Å². The predicted octanol–water partition coefficient (Wildman–Crippen LogP) is 1.82. The Morgan fingerprint density at radius 3 is 2.94 bits per heavy atom. The van der Waals surface area contributed by atoms with Gasteiger partial charge < -0.3 is 14.4 Å². The number of nitriles is 1. The Morgan fingerprint density at radius 1 is 1.61 bits per heavy atom. The largest absolute Gasteiger partial charge is 0.385 e. The number of imidazole rings is 1. The van der Waals surface area contributed by atoms with E-state index in [9.17, 15) is 10.4 Å². The summed E-state index contributed by atoms with van der Waals surface area (Å²) in [7, 11) is 0. The van der Waals surface area contributed by atoms with Crippen molar-refractivity contribution in [2.75, 3.05) is 13.2 Å². The minimum atomic E-state index is -0.854. The first-order valence-corrected chi connectivity index (χ1v) is 6.29. The molecule has 0 amide bonds. The van der Waals surface area contributed by atoms with Gasteiger partial charge in [-0.1, -0.05) is 0 Å². The van der Waals surface area contributed by atoms with Crippen LogP contribution in [-0.4, -0.2) is 27.9 Å². The molecule has 1 aliphatic rings. The van der Waals surface area contributed by atoms with Crippen molar-refractivity contribution in [1.82, 2.24) is 9.55 Å². The number of hydrogen-bond donors (Lipinski definition) is 1. The third-order valence-electron chi connectivity index (χ3n) is 3.55. The van der Waals surface area contributed by atoms with Crippen LogP contribution in [0.1, 0.15) is 44.5 Å². The molecule has 2 atom stereocenters.